The van der Waals surface area contributed by atoms with Crippen molar-refractivity contribution in [3.63, 3.8) is 0 Å². The Bertz CT molecular complexity index is 500. The molecule has 0 radical (unpaired) electrons. The van der Waals surface area contributed by atoms with Gasteiger partial charge in [-0.1, -0.05) is 25.0 Å². The van der Waals surface area contributed by atoms with E-state index >= 15 is 0 Å². The van der Waals surface area contributed by atoms with Crippen LogP contribution in [0.15, 0.2) is 24.3 Å². The Morgan fingerprint density at radius 2 is 2.15 bits per heavy atom. The highest BCUT2D eigenvalue weighted by atomic mass is 16.5. The largest absolute Gasteiger partial charge is 0.370 e. The van der Waals surface area contributed by atoms with Crippen LogP contribution in [0.2, 0.25) is 0 Å². The average Bonchev–Trinajstić information content (AvgIpc) is 3.10. The number of nitriles is 1. The molecule has 1 aliphatic heterocycles. The van der Waals surface area contributed by atoms with Crippen LogP contribution < -0.4 is 5.32 Å². The van der Waals surface area contributed by atoms with E-state index in [0.717, 1.165) is 24.2 Å². The predicted octanol–water partition coefficient (Wildman–Crippen LogP) is 3.14. The molecule has 2 aliphatic rings. The number of nitrogens with zero attached hydrogens (tertiary/aromatic N) is 1. The summed E-state index contributed by atoms with van der Waals surface area (Å²) in [7, 11) is 0. The van der Waals surface area contributed by atoms with E-state index in [2.05, 4.69) is 17.5 Å². The third kappa shape index (κ3) is 3.03. The predicted molar refractivity (Wildman–Crippen MR) is 78.2 cm³/mol. The molecule has 20 heavy (non-hydrogen) atoms. The Morgan fingerprint density at radius 3 is 2.95 bits per heavy atom. The van der Waals surface area contributed by atoms with Crippen molar-refractivity contribution in [3.8, 4) is 6.07 Å². The van der Waals surface area contributed by atoms with Gasteiger partial charge in [0.15, 0.2) is 0 Å². The summed E-state index contributed by atoms with van der Waals surface area (Å²) in [6.07, 6.45) is 7.98. The normalized spacial score (nSPS) is 24.1. The van der Waals surface area contributed by atoms with E-state index in [4.69, 9.17) is 10.00 Å². The Hall–Kier alpha value is -1.37. The van der Waals surface area contributed by atoms with E-state index < -0.39 is 0 Å². The van der Waals surface area contributed by atoms with Crippen molar-refractivity contribution in [1.82, 2.24) is 5.32 Å². The fraction of sp³-hybridized carbons (Fsp3) is 0.588. The van der Waals surface area contributed by atoms with Crippen molar-refractivity contribution in [2.75, 3.05) is 6.54 Å². The van der Waals surface area contributed by atoms with Gasteiger partial charge in [0.25, 0.3) is 0 Å². The fourth-order valence-electron chi connectivity index (χ4n) is 3.55. The van der Waals surface area contributed by atoms with Gasteiger partial charge in [-0.05, 0) is 43.4 Å². The first-order valence-electron chi connectivity index (χ1n) is 7.67. The third-order valence-electron chi connectivity index (χ3n) is 4.61. The highest BCUT2D eigenvalue weighted by molar-refractivity contribution is 5.32. The maximum atomic E-state index is 8.89. The average molecular weight is 270 g/mol. The Balaban J connectivity index is 1.45. The zero-order chi connectivity index (χ0) is 13.8. The summed E-state index contributed by atoms with van der Waals surface area (Å²) in [5.74, 6) is 0. The molecule has 1 aromatic rings. The molecular formula is C17H22N2O. The molecule has 0 aromatic heterocycles. The second kappa shape index (κ2) is 5.95. The molecule has 0 bridgehead atoms. The van der Waals surface area contributed by atoms with E-state index in [1.165, 1.54) is 38.5 Å². The van der Waals surface area contributed by atoms with Crippen LogP contribution in [0.4, 0.5) is 0 Å². The van der Waals surface area contributed by atoms with Gasteiger partial charge in [0.05, 0.1) is 23.3 Å². The van der Waals surface area contributed by atoms with Crippen LogP contribution >= 0.6 is 0 Å². The van der Waals surface area contributed by atoms with Gasteiger partial charge in [-0.15, -0.1) is 0 Å². The number of hydrogen-bond acceptors (Lipinski definition) is 3. The molecule has 1 spiro atoms. The molecule has 0 amide bonds. The fourth-order valence-corrected chi connectivity index (χ4v) is 3.55. The van der Waals surface area contributed by atoms with E-state index in [-0.39, 0.29) is 5.60 Å². The SMILES string of the molecule is N#Cc1cccc(CNCC2CCC3(CCCC3)O2)c1. The molecule has 3 heteroatoms. The maximum Gasteiger partial charge on any atom is 0.0991 e. The van der Waals surface area contributed by atoms with Crippen molar-refractivity contribution in [3.05, 3.63) is 35.4 Å². The molecule has 1 saturated heterocycles. The first-order chi connectivity index (χ1) is 9.80. The zero-order valence-electron chi connectivity index (χ0n) is 11.9. The van der Waals surface area contributed by atoms with Crippen LogP contribution in [0.1, 0.15) is 49.7 Å². The smallest absolute Gasteiger partial charge is 0.0991 e. The van der Waals surface area contributed by atoms with Gasteiger partial charge in [0.1, 0.15) is 0 Å². The standard InChI is InChI=1S/C17H22N2O/c18-11-14-4-3-5-15(10-14)12-19-13-16-6-9-17(20-16)7-1-2-8-17/h3-5,10,16,19H,1-2,6-9,12-13H2. The molecule has 1 saturated carbocycles. The molecule has 106 valence electrons. The van der Waals surface area contributed by atoms with Crippen LogP contribution in [0.5, 0.6) is 0 Å². The first-order valence-corrected chi connectivity index (χ1v) is 7.67. The van der Waals surface area contributed by atoms with Crippen LogP contribution in [0.25, 0.3) is 0 Å². The summed E-state index contributed by atoms with van der Waals surface area (Å²) < 4.78 is 6.28. The summed E-state index contributed by atoms with van der Waals surface area (Å²) in [6.45, 7) is 1.72. The third-order valence-corrected chi connectivity index (χ3v) is 4.61. The summed E-state index contributed by atoms with van der Waals surface area (Å²) in [4.78, 5) is 0. The number of nitrogens with one attached hydrogen (secondary N) is 1. The topological polar surface area (TPSA) is 45.0 Å². The van der Waals surface area contributed by atoms with Gasteiger partial charge in [0.2, 0.25) is 0 Å². The lowest BCUT2D eigenvalue weighted by Crippen LogP contribution is -2.30. The molecule has 1 aromatic carbocycles. The van der Waals surface area contributed by atoms with E-state index in [1.807, 2.05) is 18.2 Å². The minimum absolute atomic E-state index is 0.229. The Kier molecular flexibility index (Phi) is 4.05. The quantitative estimate of drug-likeness (QED) is 0.914. The highest BCUT2D eigenvalue weighted by Gasteiger charge is 2.41. The zero-order valence-corrected chi connectivity index (χ0v) is 11.9. The van der Waals surface area contributed by atoms with Crippen molar-refractivity contribution in [2.45, 2.75) is 56.8 Å². The molecule has 1 unspecified atom stereocenters. The molecule has 3 rings (SSSR count). The van der Waals surface area contributed by atoms with E-state index in [9.17, 15) is 0 Å². The van der Waals surface area contributed by atoms with Gasteiger partial charge in [-0.2, -0.15) is 5.26 Å². The summed E-state index contributed by atoms with van der Waals surface area (Å²) in [5, 5.41) is 12.4. The molecular weight excluding hydrogens is 248 g/mol. The second-order valence-electron chi connectivity index (χ2n) is 6.11. The Labute approximate surface area is 120 Å². The highest BCUT2D eigenvalue weighted by Crippen LogP contribution is 2.43. The van der Waals surface area contributed by atoms with Crippen LogP contribution in [0.3, 0.4) is 0 Å². The van der Waals surface area contributed by atoms with Crippen molar-refractivity contribution >= 4 is 0 Å². The minimum Gasteiger partial charge on any atom is -0.370 e. The lowest BCUT2D eigenvalue weighted by Gasteiger charge is -2.23. The molecule has 1 heterocycles. The van der Waals surface area contributed by atoms with Crippen molar-refractivity contribution < 1.29 is 4.74 Å². The molecule has 1 N–H and O–H groups in total. The van der Waals surface area contributed by atoms with Crippen molar-refractivity contribution in [2.24, 2.45) is 0 Å². The van der Waals surface area contributed by atoms with E-state index in [1.54, 1.807) is 0 Å². The van der Waals surface area contributed by atoms with Crippen LogP contribution in [-0.2, 0) is 11.3 Å². The number of hydrogen-bond donors (Lipinski definition) is 1. The maximum absolute atomic E-state index is 8.89. The molecule has 2 fully saturated rings. The minimum atomic E-state index is 0.229. The Morgan fingerprint density at radius 1 is 1.30 bits per heavy atom. The molecule has 1 atom stereocenters. The number of rotatable bonds is 4. The van der Waals surface area contributed by atoms with Crippen LogP contribution in [0, 0.1) is 11.3 Å². The lowest BCUT2D eigenvalue weighted by atomic mass is 9.98. The number of ether oxygens (including phenoxy) is 1. The number of benzene rings is 1. The van der Waals surface area contributed by atoms with Gasteiger partial charge >= 0.3 is 0 Å². The second-order valence-corrected chi connectivity index (χ2v) is 6.11. The molecule has 1 aliphatic carbocycles. The molecule has 3 nitrogen and oxygen atoms in total. The van der Waals surface area contributed by atoms with E-state index in [0.29, 0.717) is 6.10 Å². The van der Waals surface area contributed by atoms with Crippen LogP contribution in [-0.4, -0.2) is 18.2 Å². The van der Waals surface area contributed by atoms with Gasteiger partial charge in [-0.3, -0.25) is 0 Å². The monoisotopic (exact) mass is 270 g/mol. The van der Waals surface area contributed by atoms with Gasteiger partial charge < -0.3 is 10.1 Å². The lowest BCUT2D eigenvalue weighted by molar-refractivity contribution is -0.0351. The van der Waals surface area contributed by atoms with Crippen molar-refractivity contribution in [1.29, 1.82) is 5.26 Å². The van der Waals surface area contributed by atoms with Gasteiger partial charge in [-0.25, -0.2) is 0 Å². The summed E-state index contributed by atoms with van der Waals surface area (Å²) in [6, 6.07) is 9.96. The first kappa shape index (κ1) is 13.6. The summed E-state index contributed by atoms with van der Waals surface area (Å²) in [5.41, 5.74) is 2.12. The summed E-state index contributed by atoms with van der Waals surface area (Å²) >= 11 is 0. The van der Waals surface area contributed by atoms with Gasteiger partial charge in [0, 0.05) is 13.1 Å².